The molecule has 2 N–H and O–H groups in total. The number of benzene rings is 2. The van der Waals surface area contributed by atoms with Crippen molar-refractivity contribution >= 4 is 21.9 Å². The molecule has 0 aliphatic heterocycles. The fourth-order valence-electron chi connectivity index (χ4n) is 2.20. The SMILES string of the molecule is CCOc1cc(/C=N/NS(=O)(=O)c2ccc(C)c(C)c2)cc([N+](=O)[O-])c1O. The lowest BCUT2D eigenvalue weighted by atomic mass is 10.1. The highest BCUT2D eigenvalue weighted by molar-refractivity contribution is 7.89. The quantitative estimate of drug-likeness (QED) is 0.422. The van der Waals surface area contributed by atoms with E-state index in [0.717, 1.165) is 23.4 Å². The predicted octanol–water partition coefficient (Wildman–Crippen LogP) is 2.63. The maximum absolute atomic E-state index is 12.3. The number of phenols is 1. The van der Waals surface area contributed by atoms with Crippen LogP contribution >= 0.6 is 0 Å². The van der Waals surface area contributed by atoms with Gasteiger partial charge in [-0.1, -0.05) is 6.07 Å². The molecule has 0 atom stereocenters. The molecule has 0 aliphatic carbocycles. The third-order valence-corrected chi connectivity index (χ3v) is 4.97. The first kappa shape index (κ1) is 20.2. The van der Waals surface area contributed by atoms with E-state index in [4.69, 9.17) is 4.74 Å². The van der Waals surface area contributed by atoms with Crippen LogP contribution in [0.2, 0.25) is 0 Å². The van der Waals surface area contributed by atoms with Crippen LogP contribution in [0.5, 0.6) is 11.5 Å². The van der Waals surface area contributed by atoms with Crippen LogP contribution in [-0.2, 0) is 10.0 Å². The Kier molecular flexibility index (Phi) is 6.01. The Morgan fingerprint density at radius 3 is 2.56 bits per heavy atom. The van der Waals surface area contributed by atoms with Gasteiger partial charge in [0.25, 0.3) is 10.0 Å². The standard InChI is InChI=1S/C17H19N3O6S/c1-4-26-16-9-13(8-15(17(16)21)20(22)23)10-18-19-27(24,25)14-6-5-11(2)12(3)7-14/h5-10,19,21H,4H2,1-3H3/b18-10+. The van der Waals surface area contributed by atoms with Gasteiger partial charge in [-0.25, -0.2) is 4.83 Å². The highest BCUT2D eigenvalue weighted by Crippen LogP contribution is 2.36. The van der Waals surface area contributed by atoms with E-state index in [0.29, 0.717) is 0 Å². The summed E-state index contributed by atoms with van der Waals surface area (Å²) in [5, 5.41) is 24.5. The van der Waals surface area contributed by atoms with Crippen molar-refractivity contribution in [2.45, 2.75) is 25.7 Å². The Morgan fingerprint density at radius 1 is 1.26 bits per heavy atom. The molecule has 2 rings (SSSR count). The second-order valence-electron chi connectivity index (χ2n) is 5.68. The third-order valence-electron chi connectivity index (χ3n) is 3.75. The monoisotopic (exact) mass is 393 g/mol. The van der Waals surface area contributed by atoms with Crippen LogP contribution < -0.4 is 9.57 Å². The Labute approximate surface area is 156 Å². The highest BCUT2D eigenvalue weighted by atomic mass is 32.2. The summed E-state index contributed by atoms with van der Waals surface area (Å²) in [5.74, 6) is -0.695. The first-order valence-electron chi connectivity index (χ1n) is 7.92. The molecule has 2 aromatic rings. The van der Waals surface area contributed by atoms with E-state index in [1.807, 2.05) is 6.92 Å². The lowest BCUT2D eigenvalue weighted by molar-refractivity contribution is -0.386. The second kappa shape index (κ2) is 8.04. The van der Waals surface area contributed by atoms with Crippen LogP contribution in [-0.4, -0.2) is 31.3 Å². The van der Waals surface area contributed by atoms with Crippen molar-refractivity contribution in [2.24, 2.45) is 5.10 Å². The number of aromatic hydroxyl groups is 1. The lowest BCUT2D eigenvalue weighted by Gasteiger charge is -2.08. The van der Waals surface area contributed by atoms with Crippen LogP contribution in [0.3, 0.4) is 0 Å². The Morgan fingerprint density at radius 2 is 1.96 bits per heavy atom. The molecule has 2 aromatic carbocycles. The summed E-state index contributed by atoms with van der Waals surface area (Å²) in [5.41, 5.74) is 1.39. The van der Waals surface area contributed by atoms with Gasteiger partial charge < -0.3 is 9.84 Å². The van der Waals surface area contributed by atoms with Gasteiger partial charge >= 0.3 is 5.69 Å². The molecular formula is C17H19N3O6S. The van der Waals surface area contributed by atoms with Crippen molar-refractivity contribution in [3.8, 4) is 11.5 Å². The minimum Gasteiger partial charge on any atom is -0.500 e. The van der Waals surface area contributed by atoms with E-state index in [2.05, 4.69) is 9.93 Å². The predicted molar refractivity (Wildman–Crippen MR) is 99.8 cm³/mol. The molecule has 144 valence electrons. The van der Waals surface area contributed by atoms with Gasteiger partial charge in [-0.15, -0.1) is 0 Å². The minimum atomic E-state index is -3.89. The van der Waals surface area contributed by atoms with Gasteiger partial charge in [0.1, 0.15) is 0 Å². The minimum absolute atomic E-state index is 0.0504. The van der Waals surface area contributed by atoms with Crippen LogP contribution in [0.25, 0.3) is 0 Å². The van der Waals surface area contributed by atoms with Gasteiger partial charge in [-0.05, 0) is 50.1 Å². The smallest absolute Gasteiger partial charge is 0.315 e. The zero-order valence-corrected chi connectivity index (χ0v) is 15.8. The molecule has 0 saturated heterocycles. The van der Waals surface area contributed by atoms with E-state index in [-0.39, 0.29) is 22.8 Å². The number of phenolic OH excluding ortho intramolecular Hbond substituents is 1. The van der Waals surface area contributed by atoms with Crippen molar-refractivity contribution in [2.75, 3.05) is 6.61 Å². The van der Waals surface area contributed by atoms with Crippen LogP contribution in [0, 0.1) is 24.0 Å². The molecule has 27 heavy (non-hydrogen) atoms. The molecule has 0 radical (unpaired) electrons. The summed E-state index contributed by atoms with van der Waals surface area (Å²) in [6.45, 7) is 5.50. The molecule has 0 aromatic heterocycles. The zero-order chi connectivity index (χ0) is 20.2. The first-order chi connectivity index (χ1) is 12.7. The van der Waals surface area contributed by atoms with Crippen molar-refractivity contribution in [1.29, 1.82) is 0 Å². The average molecular weight is 393 g/mol. The molecular weight excluding hydrogens is 374 g/mol. The van der Waals surface area contributed by atoms with Gasteiger partial charge in [0.2, 0.25) is 5.75 Å². The Hall–Kier alpha value is -3.14. The topological polar surface area (TPSA) is 131 Å². The van der Waals surface area contributed by atoms with Crippen molar-refractivity contribution in [3.63, 3.8) is 0 Å². The number of hydrazone groups is 1. The third kappa shape index (κ3) is 4.73. The molecule has 0 fully saturated rings. The number of nitro benzene ring substituents is 1. The number of hydrogen-bond acceptors (Lipinski definition) is 7. The molecule has 9 nitrogen and oxygen atoms in total. The molecule has 0 unspecified atom stereocenters. The lowest BCUT2D eigenvalue weighted by Crippen LogP contribution is -2.18. The Balaban J connectivity index is 2.29. The largest absolute Gasteiger partial charge is 0.500 e. The molecule has 0 saturated carbocycles. The van der Waals surface area contributed by atoms with E-state index < -0.39 is 26.4 Å². The molecule has 10 heteroatoms. The number of nitrogens with one attached hydrogen (secondary N) is 1. The van der Waals surface area contributed by atoms with Crippen molar-refractivity contribution < 1.29 is 23.2 Å². The number of hydrogen-bond donors (Lipinski definition) is 2. The molecule has 0 spiro atoms. The molecule has 0 aliphatic rings. The fraction of sp³-hybridized carbons (Fsp3) is 0.235. The van der Waals surface area contributed by atoms with Crippen LogP contribution in [0.4, 0.5) is 5.69 Å². The van der Waals surface area contributed by atoms with Gasteiger partial charge in [0.15, 0.2) is 5.75 Å². The Bertz CT molecular complexity index is 1000. The maximum Gasteiger partial charge on any atom is 0.315 e. The van der Waals surface area contributed by atoms with Crippen molar-refractivity contribution in [1.82, 2.24) is 4.83 Å². The van der Waals surface area contributed by atoms with Crippen LogP contribution in [0.15, 0.2) is 40.3 Å². The summed E-state index contributed by atoms with van der Waals surface area (Å²) in [7, 11) is -3.89. The van der Waals surface area contributed by atoms with E-state index >= 15 is 0 Å². The van der Waals surface area contributed by atoms with Gasteiger partial charge in [0, 0.05) is 11.6 Å². The van der Waals surface area contributed by atoms with Crippen molar-refractivity contribution in [3.05, 3.63) is 57.1 Å². The number of nitro groups is 1. The summed E-state index contributed by atoms with van der Waals surface area (Å²) < 4.78 is 29.7. The average Bonchev–Trinajstić information content (AvgIpc) is 2.59. The van der Waals surface area contributed by atoms with E-state index in [1.54, 1.807) is 19.9 Å². The second-order valence-corrected chi connectivity index (χ2v) is 7.34. The summed E-state index contributed by atoms with van der Waals surface area (Å²) in [6, 6.07) is 7.04. The van der Waals surface area contributed by atoms with Gasteiger partial charge in [0.05, 0.1) is 22.6 Å². The van der Waals surface area contributed by atoms with E-state index in [9.17, 15) is 23.6 Å². The highest BCUT2D eigenvalue weighted by Gasteiger charge is 2.20. The number of sulfonamides is 1. The number of ether oxygens (including phenoxy) is 1. The normalized spacial score (nSPS) is 11.5. The number of nitrogens with zero attached hydrogens (tertiary/aromatic N) is 2. The number of aryl methyl sites for hydroxylation is 2. The molecule has 0 heterocycles. The summed E-state index contributed by atoms with van der Waals surface area (Å²) in [4.78, 5) is 12.4. The number of rotatable bonds is 7. The van der Waals surface area contributed by atoms with Gasteiger partial charge in [-0.2, -0.15) is 13.5 Å². The summed E-state index contributed by atoms with van der Waals surface area (Å²) in [6.07, 6.45) is 1.09. The van der Waals surface area contributed by atoms with Gasteiger partial charge in [-0.3, -0.25) is 10.1 Å². The van der Waals surface area contributed by atoms with E-state index in [1.165, 1.54) is 18.2 Å². The van der Waals surface area contributed by atoms with Crippen LogP contribution in [0.1, 0.15) is 23.6 Å². The molecule has 0 amide bonds. The summed E-state index contributed by atoms with van der Waals surface area (Å²) >= 11 is 0. The zero-order valence-electron chi connectivity index (χ0n) is 15.0. The first-order valence-corrected chi connectivity index (χ1v) is 9.40. The maximum atomic E-state index is 12.3. The molecule has 0 bridgehead atoms. The fourth-order valence-corrected chi connectivity index (χ4v) is 3.07.